The molecule has 24 heavy (non-hydrogen) atoms. The first-order chi connectivity index (χ1) is 11.6. The Bertz CT molecular complexity index is 846. The Balaban J connectivity index is 2.00. The minimum absolute atomic E-state index is 0.131. The van der Waals surface area contributed by atoms with E-state index in [0.29, 0.717) is 29.6 Å². The Morgan fingerprint density at radius 1 is 1.08 bits per heavy atom. The SMILES string of the molecule is CCOc1nc(N)nc2ncc(-c3ccc(CC(C)C)cc3)nc12. The van der Waals surface area contributed by atoms with Gasteiger partial charge in [-0.2, -0.15) is 9.97 Å². The van der Waals surface area contributed by atoms with Crippen molar-refractivity contribution in [2.75, 3.05) is 12.3 Å². The minimum Gasteiger partial charge on any atom is -0.476 e. The molecule has 3 aromatic rings. The normalized spacial score (nSPS) is 11.2. The lowest BCUT2D eigenvalue weighted by atomic mass is 10.0. The Kier molecular flexibility index (Phi) is 4.55. The summed E-state index contributed by atoms with van der Waals surface area (Å²) in [6.07, 6.45) is 2.76. The second-order valence-corrected chi connectivity index (χ2v) is 6.04. The summed E-state index contributed by atoms with van der Waals surface area (Å²) in [5.41, 5.74) is 9.72. The maximum atomic E-state index is 5.69. The van der Waals surface area contributed by atoms with E-state index in [4.69, 9.17) is 10.5 Å². The van der Waals surface area contributed by atoms with Crippen molar-refractivity contribution in [2.45, 2.75) is 27.2 Å². The third-order valence-corrected chi connectivity index (χ3v) is 3.57. The molecule has 6 nitrogen and oxygen atoms in total. The molecule has 0 saturated heterocycles. The third-order valence-electron chi connectivity index (χ3n) is 3.57. The van der Waals surface area contributed by atoms with Crippen LogP contribution in [0.3, 0.4) is 0 Å². The predicted octanol–water partition coefficient (Wildman–Crippen LogP) is 3.27. The predicted molar refractivity (Wildman–Crippen MR) is 94.7 cm³/mol. The van der Waals surface area contributed by atoms with Gasteiger partial charge in [0.25, 0.3) is 0 Å². The van der Waals surface area contributed by atoms with Gasteiger partial charge in [0.05, 0.1) is 18.5 Å². The van der Waals surface area contributed by atoms with Crippen molar-refractivity contribution >= 4 is 17.1 Å². The highest BCUT2D eigenvalue weighted by Gasteiger charge is 2.12. The molecule has 0 aliphatic carbocycles. The maximum Gasteiger partial charge on any atom is 0.247 e. The number of nitrogen functional groups attached to an aromatic ring is 1. The van der Waals surface area contributed by atoms with Crippen molar-refractivity contribution in [3.63, 3.8) is 0 Å². The van der Waals surface area contributed by atoms with E-state index in [1.54, 1.807) is 6.20 Å². The molecule has 3 rings (SSSR count). The van der Waals surface area contributed by atoms with Crippen LogP contribution in [0.1, 0.15) is 26.3 Å². The minimum atomic E-state index is 0.131. The lowest BCUT2D eigenvalue weighted by Gasteiger charge is -2.08. The molecule has 0 atom stereocenters. The molecule has 0 unspecified atom stereocenters. The summed E-state index contributed by atoms with van der Waals surface area (Å²) in [7, 11) is 0. The van der Waals surface area contributed by atoms with Gasteiger partial charge in [-0.3, -0.25) is 0 Å². The van der Waals surface area contributed by atoms with Gasteiger partial charge in [0.2, 0.25) is 11.8 Å². The number of ether oxygens (including phenoxy) is 1. The molecule has 2 N–H and O–H groups in total. The number of fused-ring (bicyclic) bond motifs is 1. The Hall–Kier alpha value is -2.76. The second-order valence-electron chi connectivity index (χ2n) is 6.04. The first-order valence-corrected chi connectivity index (χ1v) is 8.09. The molecule has 0 radical (unpaired) electrons. The Labute approximate surface area is 141 Å². The van der Waals surface area contributed by atoms with Crippen LogP contribution in [0.25, 0.3) is 22.4 Å². The van der Waals surface area contributed by atoms with Gasteiger partial charge in [0.1, 0.15) is 0 Å². The first kappa shape index (κ1) is 16.1. The number of aromatic nitrogens is 4. The van der Waals surface area contributed by atoms with Crippen LogP contribution in [0.4, 0.5) is 5.95 Å². The van der Waals surface area contributed by atoms with Crippen LogP contribution in [-0.2, 0) is 6.42 Å². The fourth-order valence-electron chi connectivity index (χ4n) is 2.56. The zero-order chi connectivity index (χ0) is 17.1. The number of benzene rings is 1. The number of nitrogens with zero attached hydrogens (tertiary/aromatic N) is 4. The molecule has 0 saturated carbocycles. The topological polar surface area (TPSA) is 86.8 Å². The van der Waals surface area contributed by atoms with Crippen molar-refractivity contribution in [3.8, 4) is 17.1 Å². The lowest BCUT2D eigenvalue weighted by Crippen LogP contribution is -2.04. The molecule has 2 heterocycles. The van der Waals surface area contributed by atoms with Crippen molar-refractivity contribution < 1.29 is 4.74 Å². The number of nitrogens with two attached hydrogens (primary N) is 1. The molecule has 1 aromatic carbocycles. The average molecular weight is 323 g/mol. The van der Waals surface area contributed by atoms with Crippen LogP contribution in [0.5, 0.6) is 5.88 Å². The standard InChI is InChI=1S/C18H21N5O/c1-4-24-17-15-16(22-18(19)23-17)20-10-14(21-15)13-7-5-12(6-8-13)9-11(2)3/h5-8,10-11H,4,9H2,1-3H3,(H2,19,20,22,23). The largest absolute Gasteiger partial charge is 0.476 e. The van der Waals surface area contributed by atoms with Gasteiger partial charge in [-0.25, -0.2) is 9.97 Å². The first-order valence-electron chi connectivity index (χ1n) is 8.09. The zero-order valence-corrected chi connectivity index (χ0v) is 14.2. The van der Waals surface area contributed by atoms with E-state index in [9.17, 15) is 0 Å². The van der Waals surface area contributed by atoms with Gasteiger partial charge in [-0.05, 0) is 24.8 Å². The summed E-state index contributed by atoms with van der Waals surface area (Å²) >= 11 is 0. The van der Waals surface area contributed by atoms with Crippen molar-refractivity contribution in [1.29, 1.82) is 0 Å². The van der Waals surface area contributed by atoms with Crippen LogP contribution in [0.2, 0.25) is 0 Å². The fraction of sp³-hybridized carbons (Fsp3) is 0.333. The van der Waals surface area contributed by atoms with E-state index in [0.717, 1.165) is 17.7 Å². The van der Waals surface area contributed by atoms with E-state index in [1.165, 1.54) is 5.56 Å². The third kappa shape index (κ3) is 3.42. The summed E-state index contributed by atoms with van der Waals surface area (Å²) in [5.74, 6) is 1.13. The number of hydrogen-bond donors (Lipinski definition) is 1. The Morgan fingerprint density at radius 3 is 2.50 bits per heavy atom. The fourth-order valence-corrected chi connectivity index (χ4v) is 2.56. The van der Waals surface area contributed by atoms with Gasteiger partial charge >= 0.3 is 0 Å². The highest BCUT2D eigenvalue weighted by atomic mass is 16.5. The van der Waals surface area contributed by atoms with Crippen molar-refractivity contribution in [2.24, 2.45) is 5.92 Å². The molecule has 2 aromatic heterocycles. The van der Waals surface area contributed by atoms with Crippen molar-refractivity contribution in [1.82, 2.24) is 19.9 Å². The molecular formula is C18H21N5O. The number of hydrogen-bond acceptors (Lipinski definition) is 6. The molecule has 0 aliphatic rings. The maximum absolute atomic E-state index is 5.69. The van der Waals surface area contributed by atoms with E-state index >= 15 is 0 Å². The van der Waals surface area contributed by atoms with E-state index in [-0.39, 0.29) is 5.95 Å². The molecule has 0 aliphatic heterocycles. The van der Waals surface area contributed by atoms with E-state index in [2.05, 4.69) is 58.0 Å². The molecule has 0 amide bonds. The second kappa shape index (κ2) is 6.78. The van der Waals surface area contributed by atoms with Gasteiger partial charge in [-0.1, -0.05) is 38.1 Å². The summed E-state index contributed by atoms with van der Waals surface area (Å²) in [5, 5.41) is 0. The monoisotopic (exact) mass is 323 g/mol. The van der Waals surface area contributed by atoms with Gasteiger partial charge < -0.3 is 10.5 Å². The smallest absolute Gasteiger partial charge is 0.247 e. The van der Waals surface area contributed by atoms with Crippen LogP contribution in [0.15, 0.2) is 30.5 Å². The van der Waals surface area contributed by atoms with Crippen molar-refractivity contribution in [3.05, 3.63) is 36.0 Å². The molecule has 124 valence electrons. The summed E-state index contributed by atoms with van der Waals surface area (Å²) in [6.45, 7) is 6.78. The highest BCUT2D eigenvalue weighted by molar-refractivity contribution is 5.79. The van der Waals surface area contributed by atoms with Crippen LogP contribution in [0, 0.1) is 5.92 Å². The quantitative estimate of drug-likeness (QED) is 0.775. The molecule has 0 spiro atoms. The number of anilines is 1. The van der Waals surface area contributed by atoms with Crippen LogP contribution >= 0.6 is 0 Å². The average Bonchev–Trinajstić information content (AvgIpc) is 2.55. The van der Waals surface area contributed by atoms with Gasteiger partial charge in [0.15, 0.2) is 11.2 Å². The molecule has 6 heteroatoms. The molecular weight excluding hydrogens is 302 g/mol. The van der Waals surface area contributed by atoms with Gasteiger partial charge in [-0.15, -0.1) is 0 Å². The number of rotatable bonds is 5. The molecule has 0 fully saturated rings. The summed E-state index contributed by atoms with van der Waals surface area (Å²) < 4.78 is 5.52. The molecule has 0 bridgehead atoms. The summed E-state index contributed by atoms with van der Waals surface area (Å²) in [4.78, 5) is 17.2. The summed E-state index contributed by atoms with van der Waals surface area (Å²) in [6, 6.07) is 8.38. The van der Waals surface area contributed by atoms with Gasteiger partial charge in [0, 0.05) is 5.56 Å². The zero-order valence-electron chi connectivity index (χ0n) is 14.2. The van der Waals surface area contributed by atoms with Crippen LogP contribution in [-0.4, -0.2) is 26.5 Å². The lowest BCUT2D eigenvalue weighted by molar-refractivity contribution is 0.330. The van der Waals surface area contributed by atoms with E-state index < -0.39 is 0 Å². The highest BCUT2D eigenvalue weighted by Crippen LogP contribution is 2.24. The van der Waals surface area contributed by atoms with Crippen LogP contribution < -0.4 is 10.5 Å². The Morgan fingerprint density at radius 2 is 1.83 bits per heavy atom. The van der Waals surface area contributed by atoms with E-state index in [1.807, 2.05) is 6.92 Å².